The van der Waals surface area contributed by atoms with Gasteiger partial charge in [-0.2, -0.15) is 0 Å². The van der Waals surface area contributed by atoms with Gasteiger partial charge in [0.1, 0.15) is 11.4 Å². The molecule has 0 radical (unpaired) electrons. The average Bonchev–Trinajstić information content (AvgIpc) is 3.21. The fourth-order valence-corrected chi connectivity index (χ4v) is 1.73. The van der Waals surface area contributed by atoms with Crippen LogP contribution in [-0.2, 0) is 0 Å². The number of hydrogen-bond acceptors (Lipinski definition) is 9. The minimum Gasteiger partial charge on any atom is -0.366 e. The molecule has 14 nitrogen and oxygen atoms in total. The fraction of sp³-hybridized carbons (Fsp3) is 0. The lowest BCUT2D eigenvalue weighted by molar-refractivity contribution is 0.0920. The van der Waals surface area contributed by atoms with E-state index >= 15 is 0 Å². The highest BCUT2D eigenvalue weighted by atomic mass is 16.2. The molecule has 144 valence electrons. The number of nitrogens with zero attached hydrogens (tertiary/aromatic N) is 1. The molecule has 2 heterocycles. The number of carbonyl (C=O) groups is 4. The van der Waals surface area contributed by atoms with Gasteiger partial charge in [-0.25, -0.2) is 28.4 Å². The number of nitrogen functional groups attached to an aromatic ring is 4. The standard InChI is InChI=1S/C7H9N5O2.C6H9N5O2/c8-11-6(13)4-2-1-3-5(10-4)7(14)12-9;7-10-5(12)3-1-9-2-4(3)6(13)11-8/h1-3H,8-9H2,(H,11,13)(H,12,14);1-2,9H,7-8H2,(H,10,12)(H,11,13). The molecule has 14 heteroatoms. The third-order valence-electron chi connectivity index (χ3n) is 2.97. The van der Waals surface area contributed by atoms with Gasteiger partial charge >= 0.3 is 0 Å². The molecule has 13 N–H and O–H groups in total. The van der Waals surface area contributed by atoms with E-state index in [1.807, 2.05) is 21.7 Å². The molecule has 0 saturated carbocycles. The van der Waals surface area contributed by atoms with E-state index in [0.717, 1.165) is 0 Å². The number of hydrazine groups is 4. The Labute approximate surface area is 151 Å². The zero-order chi connectivity index (χ0) is 20.4. The molecule has 2 aromatic rings. The van der Waals surface area contributed by atoms with Crippen LogP contribution in [0.5, 0.6) is 0 Å². The molecule has 0 bridgehead atoms. The molecule has 0 fully saturated rings. The molecule has 27 heavy (non-hydrogen) atoms. The van der Waals surface area contributed by atoms with Gasteiger partial charge in [-0.15, -0.1) is 0 Å². The minimum absolute atomic E-state index is 0.0496. The molecule has 0 aliphatic heterocycles. The monoisotopic (exact) mass is 378 g/mol. The molecule has 2 aromatic heterocycles. The van der Waals surface area contributed by atoms with Crippen molar-refractivity contribution in [2.24, 2.45) is 23.4 Å². The number of H-pyrrole nitrogens is 1. The van der Waals surface area contributed by atoms with Crippen LogP contribution in [0.25, 0.3) is 0 Å². The predicted octanol–water partition coefficient (Wildman–Crippen LogP) is -3.49. The predicted molar refractivity (Wildman–Crippen MR) is 91.6 cm³/mol. The van der Waals surface area contributed by atoms with E-state index in [2.05, 4.69) is 9.97 Å². The first kappa shape index (κ1) is 21.2. The van der Waals surface area contributed by atoms with Crippen LogP contribution in [0.15, 0.2) is 30.6 Å². The molecule has 2 rings (SSSR count). The highest BCUT2D eigenvalue weighted by Crippen LogP contribution is 2.06. The average molecular weight is 378 g/mol. The Kier molecular flexibility index (Phi) is 8.02. The van der Waals surface area contributed by atoms with E-state index in [-0.39, 0.29) is 22.5 Å². The third-order valence-corrected chi connectivity index (χ3v) is 2.97. The lowest BCUT2D eigenvalue weighted by Crippen LogP contribution is -2.34. The Morgan fingerprint density at radius 1 is 0.704 bits per heavy atom. The number of aromatic nitrogens is 2. The van der Waals surface area contributed by atoms with Crippen molar-refractivity contribution in [3.05, 3.63) is 53.1 Å². The zero-order valence-corrected chi connectivity index (χ0v) is 13.8. The smallest absolute Gasteiger partial charge is 0.283 e. The fourth-order valence-electron chi connectivity index (χ4n) is 1.73. The summed E-state index contributed by atoms with van der Waals surface area (Å²) in [5.74, 6) is 17.3. The number of amides is 4. The molecule has 0 unspecified atom stereocenters. The lowest BCUT2D eigenvalue weighted by atomic mass is 10.2. The first-order valence-electron chi connectivity index (χ1n) is 7.07. The van der Waals surface area contributed by atoms with Crippen LogP contribution in [0.2, 0.25) is 0 Å². The molecule has 4 amide bonds. The van der Waals surface area contributed by atoms with Gasteiger partial charge in [-0.3, -0.25) is 40.9 Å². The summed E-state index contributed by atoms with van der Waals surface area (Å²) < 4.78 is 0. The number of pyridine rings is 1. The molecular weight excluding hydrogens is 360 g/mol. The number of hydrogen-bond donors (Lipinski definition) is 9. The van der Waals surface area contributed by atoms with E-state index in [1.165, 1.54) is 30.6 Å². The van der Waals surface area contributed by atoms with Crippen molar-refractivity contribution >= 4 is 23.6 Å². The van der Waals surface area contributed by atoms with Gasteiger partial charge in [-0.1, -0.05) is 6.07 Å². The third kappa shape index (κ3) is 5.58. The molecular formula is C13H18N10O4. The van der Waals surface area contributed by atoms with Gasteiger partial charge in [0, 0.05) is 12.4 Å². The van der Waals surface area contributed by atoms with Crippen molar-refractivity contribution in [2.45, 2.75) is 0 Å². The maximum Gasteiger partial charge on any atom is 0.283 e. The van der Waals surface area contributed by atoms with Crippen LogP contribution >= 0.6 is 0 Å². The maximum absolute atomic E-state index is 11.0. The van der Waals surface area contributed by atoms with Gasteiger partial charge in [-0.05, 0) is 12.1 Å². The van der Waals surface area contributed by atoms with Gasteiger partial charge in [0.2, 0.25) is 0 Å². The van der Waals surface area contributed by atoms with E-state index in [1.54, 1.807) is 0 Å². The van der Waals surface area contributed by atoms with Gasteiger partial charge in [0.15, 0.2) is 0 Å². The van der Waals surface area contributed by atoms with Crippen LogP contribution < -0.4 is 45.1 Å². The Balaban J connectivity index is 0.000000271. The number of nitrogens with two attached hydrogens (primary N) is 4. The number of carbonyl (C=O) groups excluding carboxylic acids is 4. The summed E-state index contributed by atoms with van der Waals surface area (Å²) in [7, 11) is 0. The van der Waals surface area contributed by atoms with Gasteiger partial charge < -0.3 is 4.98 Å². The summed E-state index contributed by atoms with van der Waals surface area (Å²) >= 11 is 0. The number of nitrogens with one attached hydrogen (secondary N) is 5. The number of rotatable bonds is 4. The van der Waals surface area contributed by atoms with Crippen LogP contribution in [0.3, 0.4) is 0 Å². The van der Waals surface area contributed by atoms with Crippen LogP contribution in [0.4, 0.5) is 0 Å². The van der Waals surface area contributed by atoms with E-state index < -0.39 is 23.6 Å². The summed E-state index contributed by atoms with van der Waals surface area (Å²) in [6, 6.07) is 4.35. The topological polar surface area (TPSA) is 249 Å². The van der Waals surface area contributed by atoms with Crippen molar-refractivity contribution in [3.8, 4) is 0 Å². The Hall–Kier alpha value is -3.85. The lowest BCUT2D eigenvalue weighted by Gasteiger charge is -2.01. The number of aromatic amines is 1. The first-order valence-corrected chi connectivity index (χ1v) is 7.07. The second kappa shape index (κ2) is 10.2. The highest BCUT2D eigenvalue weighted by Gasteiger charge is 2.16. The zero-order valence-electron chi connectivity index (χ0n) is 13.8. The summed E-state index contributed by atoms with van der Waals surface area (Å²) in [4.78, 5) is 50.4. The van der Waals surface area contributed by atoms with E-state index in [0.29, 0.717) is 0 Å². The summed E-state index contributed by atoms with van der Waals surface area (Å²) in [6.07, 6.45) is 2.71. The van der Waals surface area contributed by atoms with Crippen LogP contribution in [-0.4, -0.2) is 33.6 Å². The molecule has 0 aliphatic rings. The quantitative estimate of drug-likeness (QED) is 0.145. The van der Waals surface area contributed by atoms with Crippen LogP contribution in [0.1, 0.15) is 41.7 Å². The van der Waals surface area contributed by atoms with Crippen molar-refractivity contribution < 1.29 is 19.2 Å². The van der Waals surface area contributed by atoms with Crippen molar-refractivity contribution in [2.75, 3.05) is 0 Å². The Morgan fingerprint density at radius 3 is 1.41 bits per heavy atom. The molecule has 0 saturated heterocycles. The maximum atomic E-state index is 11.0. The molecule has 0 aliphatic carbocycles. The van der Waals surface area contributed by atoms with E-state index in [4.69, 9.17) is 23.4 Å². The first-order chi connectivity index (χ1) is 12.9. The normalized spacial score (nSPS) is 9.33. The SMILES string of the molecule is NNC(=O)c1c[nH]cc1C(=O)NN.NNC(=O)c1cccc(C(=O)NN)n1. The molecule has 0 atom stereocenters. The van der Waals surface area contributed by atoms with Crippen molar-refractivity contribution in [1.29, 1.82) is 0 Å². The highest BCUT2D eigenvalue weighted by molar-refractivity contribution is 6.06. The van der Waals surface area contributed by atoms with E-state index in [9.17, 15) is 19.2 Å². The second-order valence-corrected chi connectivity index (χ2v) is 4.58. The Morgan fingerprint density at radius 2 is 1.07 bits per heavy atom. The summed E-state index contributed by atoms with van der Waals surface area (Å²) in [5.41, 5.74) is 8.00. The largest absolute Gasteiger partial charge is 0.366 e. The van der Waals surface area contributed by atoms with Crippen LogP contribution in [0, 0.1) is 0 Å². The molecule has 0 spiro atoms. The summed E-state index contributed by atoms with van der Waals surface area (Å²) in [5, 5.41) is 0. The van der Waals surface area contributed by atoms with Gasteiger partial charge in [0.25, 0.3) is 23.6 Å². The van der Waals surface area contributed by atoms with Crippen molar-refractivity contribution in [1.82, 2.24) is 31.7 Å². The summed E-state index contributed by atoms with van der Waals surface area (Å²) in [6.45, 7) is 0. The minimum atomic E-state index is -0.573. The molecule has 0 aromatic carbocycles. The Bertz CT molecular complexity index is 772. The van der Waals surface area contributed by atoms with Crippen molar-refractivity contribution in [3.63, 3.8) is 0 Å². The second-order valence-electron chi connectivity index (χ2n) is 4.58. The van der Waals surface area contributed by atoms with Gasteiger partial charge in [0.05, 0.1) is 11.1 Å².